The topological polar surface area (TPSA) is 44.1 Å². The minimum atomic E-state index is -0.0149. The molecule has 1 heterocycles. The summed E-state index contributed by atoms with van der Waals surface area (Å²) in [7, 11) is 1.71. The van der Waals surface area contributed by atoms with Crippen LogP contribution in [-0.2, 0) is 25.8 Å². The molecule has 0 fully saturated rings. The van der Waals surface area contributed by atoms with Crippen LogP contribution in [0, 0.1) is 5.92 Å². The fourth-order valence-corrected chi connectivity index (χ4v) is 3.93. The molecule has 1 unspecified atom stereocenters. The van der Waals surface area contributed by atoms with Crippen LogP contribution in [0.1, 0.15) is 60.4 Å². The van der Waals surface area contributed by atoms with Gasteiger partial charge in [-0.1, -0.05) is 13.8 Å². The number of methoxy groups -OCH3 is 1. The summed E-state index contributed by atoms with van der Waals surface area (Å²) in [5.74, 6) is 2.23. The van der Waals surface area contributed by atoms with Crippen molar-refractivity contribution < 1.29 is 9.53 Å². The smallest absolute Gasteiger partial charge is 0.168 e. The van der Waals surface area contributed by atoms with Crippen LogP contribution in [0.2, 0.25) is 0 Å². The number of fused-ring (bicyclic) bond motifs is 1. The van der Waals surface area contributed by atoms with Crippen molar-refractivity contribution in [3.05, 3.63) is 47.0 Å². The Kier molecular flexibility index (Phi) is 5.57. The SMILES string of the molecule is CCc1nccn1CC(CC)C(=O)c1ccc(OC)c2c1CCCC2. The highest BCUT2D eigenvalue weighted by Gasteiger charge is 2.26. The molecule has 0 saturated heterocycles. The van der Waals surface area contributed by atoms with Gasteiger partial charge in [0, 0.05) is 36.8 Å². The number of hydrogen-bond donors (Lipinski definition) is 0. The number of rotatable bonds is 7. The van der Waals surface area contributed by atoms with Gasteiger partial charge in [-0.3, -0.25) is 4.79 Å². The van der Waals surface area contributed by atoms with Crippen molar-refractivity contribution in [2.75, 3.05) is 7.11 Å². The van der Waals surface area contributed by atoms with E-state index >= 15 is 0 Å². The van der Waals surface area contributed by atoms with Gasteiger partial charge in [-0.05, 0) is 55.4 Å². The maximum Gasteiger partial charge on any atom is 0.168 e. The molecule has 0 amide bonds. The Morgan fingerprint density at radius 2 is 2.00 bits per heavy atom. The minimum Gasteiger partial charge on any atom is -0.496 e. The molecule has 25 heavy (non-hydrogen) atoms. The summed E-state index contributed by atoms with van der Waals surface area (Å²) < 4.78 is 7.65. The maximum atomic E-state index is 13.3. The first-order valence-corrected chi connectivity index (χ1v) is 9.42. The zero-order valence-corrected chi connectivity index (χ0v) is 15.5. The van der Waals surface area contributed by atoms with Crippen molar-refractivity contribution in [1.82, 2.24) is 9.55 Å². The van der Waals surface area contributed by atoms with Crippen LogP contribution in [0.25, 0.3) is 0 Å². The van der Waals surface area contributed by atoms with Crippen LogP contribution in [0.4, 0.5) is 0 Å². The highest BCUT2D eigenvalue weighted by atomic mass is 16.5. The third-order valence-corrected chi connectivity index (χ3v) is 5.38. The number of ketones is 1. The molecule has 134 valence electrons. The van der Waals surface area contributed by atoms with Gasteiger partial charge in [0.25, 0.3) is 0 Å². The van der Waals surface area contributed by atoms with Gasteiger partial charge in [-0.25, -0.2) is 4.98 Å². The van der Waals surface area contributed by atoms with E-state index in [9.17, 15) is 4.79 Å². The number of aryl methyl sites for hydroxylation is 1. The minimum absolute atomic E-state index is 0.0149. The Labute approximate surface area is 150 Å². The predicted octanol–water partition coefficient (Wildman–Crippen LogP) is 4.24. The summed E-state index contributed by atoms with van der Waals surface area (Å²) in [5.41, 5.74) is 3.36. The lowest BCUT2D eigenvalue weighted by molar-refractivity contribution is 0.0901. The lowest BCUT2D eigenvalue weighted by atomic mass is 9.83. The molecule has 1 aliphatic rings. The summed E-state index contributed by atoms with van der Waals surface area (Å²) in [4.78, 5) is 17.7. The van der Waals surface area contributed by atoms with Crippen molar-refractivity contribution >= 4 is 5.78 Å². The second-order valence-corrected chi connectivity index (χ2v) is 6.80. The molecule has 0 aliphatic heterocycles. The first kappa shape index (κ1) is 17.7. The molecular weight excluding hydrogens is 312 g/mol. The van der Waals surface area contributed by atoms with E-state index < -0.39 is 0 Å². The van der Waals surface area contributed by atoms with E-state index in [1.54, 1.807) is 7.11 Å². The molecule has 1 aliphatic carbocycles. The first-order valence-electron chi connectivity index (χ1n) is 9.42. The van der Waals surface area contributed by atoms with Crippen LogP contribution >= 0.6 is 0 Å². The van der Waals surface area contributed by atoms with Gasteiger partial charge in [-0.2, -0.15) is 0 Å². The molecule has 0 radical (unpaired) electrons. The molecule has 2 aromatic rings. The fourth-order valence-electron chi connectivity index (χ4n) is 3.93. The van der Waals surface area contributed by atoms with Crippen LogP contribution in [-0.4, -0.2) is 22.4 Å². The molecule has 1 aromatic heterocycles. The third-order valence-electron chi connectivity index (χ3n) is 5.38. The summed E-state index contributed by atoms with van der Waals surface area (Å²) in [5, 5.41) is 0. The van der Waals surface area contributed by atoms with Gasteiger partial charge >= 0.3 is 0 Å². The molecule has 3 rings (SSSR count). The van der Waals surface area contributed by atoms with Gasteiger partial charge in [0.2, 0.25) is 0 Å². The molecule has 0 bridgehead atoms. The summed E-state index contributed by atoms with van der Waals surface area (Å²) in [6.45, 7) is 4.90. The van der Waals surface area contributed by atoms with Gasteiger partial charge in [0.15, 0.2) is 5.78 Å². The number of aromatic nitrogens is 2. The number of benzene rings is 1. The quantitative estimate of drug-likeness (QED) is 0.708. The molecule has 0 N–H and O–H groups in total. The van der Waals surface area contributed by atoms with Crippen molar-refractivity contribution in [2.45, 2.75) is 58.9 Å². The lowest BCUT2D eigenvalue weighted by Crippen LogP contribution is -2.23. The highest BCUT2D eigenvalue weighted by molar-refractivity contribution is 5.99. The van der Waals surface area contributed by atoms with Crippen LogP contribution < -0.4 is 4.74 Å². The normalized spacial score (nSPS) is 14.8. The average molecular weight is 340 g/mol. The molecule has 0 saturated carbocycles. The fraction of sp³-hybridized carbons (Fsp3) is 0.524. The van der Waals surface area contributed by atoms with Gasteiger partial charge in [0.1, 0.15) is 11.6 Å². The zero-order chi connectivity index (χ0) is 17.8. The van der Waals surface area contributed by atoms with Gasteiger partial charge in [-0.15, -0.1) is 0 Å². The highest BCUT2D eigenvalue weighted by Crippen LogP contribution is 2.33. The van der Waals surface area contributed by atoms with Gasteiger partial charge < -0.3 is 9.30 Å². The van der Waals surface area contributed by atoms with Crippen molar-refractivity contribution in [2.24, 2.45) is 5.92 Å². The van der Waals surface area contributed by atoms with Gasteiger partial charge in [0.05, 0.1) is 7.11 Å². The standard InChI is InChI=1S/C21H28N2O2/c1-4-15(14-23-13-12-22-20(23)5-2)21(24)18-10-11-19(25-3)17-9-7-6-8-16(17)18/h10-13,15H,4-9,14H2,1-3H3. The zero-order valence-electron chi connectivity index (χ0n) is 15.5. The van der Waals surface area contributed by atoms with E-state index in [4.69, 9.17) is 4.74 Å². The van der Waals surface area contributed by atoms with Crippen LogP contribution in [0.3, 0.4) is 0 Å². The Morgan fingerprint density at radius 3 is 2.68 bits per heavy atom. The second-order valence-electron chi connectivity index (χ2n) is 6.80. The van der Waals surface area contributed by atoms with Crippen LogP contribution in [0.15, 0.2) is 24.5 Å². The number of nitrogens with zero attached hydrogens (tertiary/aromatic N) is 2. The Balaban J connectivity index is 1.91. The number of hydrogen-bond acceptors (Lipinski definition) is 3. The number of carbonyl (C=O) groups is 1. The average Bonchev–Trinajstić information content (AvgIpc) is 3.11. The Morgan fingerprint density at radius 1 is 1.24 bits per heavy atom. The Bertz CT molecular complexity index is 748. The van der Waals surface area contributed by atoms with Crippen LogP contribution in [0.5, 0.6) is 5.75 Å². The molecule has 1 aromatic carbocycles. The summed E-state index contributed by atoms with van der Waals surface area (Å²) in [6, 6.07) is 3.95. The second kappa shape index (κ2) is 7.85. The van der Waals surface area contributed by atoms with Crippen molar-refractivity contribution in [3.63, 3.8) is 0 Å². The lowest BCUT2D eigenvalue weighted by Gasteiger charge is -2.24. The van der Waals surface area contributed by atoms with E-state index in [1.165, 1.54) is 17.5 Å². The van der Waals surface area contributed by atoms with Crippen molar-refractivity contribution in [1.29, 1.82) is 0 Å². The maximum absolute atomic E-state index is 13.3. The van der Waals surface area contributed by atoms with E-state index in [-0.39, 0.29) is 11.7 Å². The Hall–Kier alpha value is -2.10. The number of imidazole rings is 1. The molecular formula is C21H28N2O2. The van der Waals surface area contributed by atoms with E-state index in [0.717, 1.165) is 49.2 Å². The monoisotopic (exact) mass is 340 g/mol. The predicted molar refractivity (Wildman–Crippen MR) is 99.4 cm³/mol. The number of Topliss-reactive ketones (excluding diaryl/α,β-unsaturated/α-hetero) is 1. The summed E-state index contributed by atoms with van der Waals surface area (Å²) in [6.07, 6.45) is 9.85. The van der Waals surface area contributed by atoms with E-state index in [0.29, 0.717) is 6.54 Å². The molecule has 0 spiro atoms. The van der Waals surface area contributed by atoms with E-state index in [2.05, 4.69) is 23.4 Å². The first-order chi connectivity index (χ1) is 12.2. The van der Waals surface area contributed by atoms with Crippen molar-refractivity contribution in [3.8, 4) is 5.75 Å². The van der Waals surface area contributed by atoms with E-state index in [1.807, 2.05) is 24.5 Å². The molecule has 4 nitrogen and oxygen atoms in total. The number of ether oxygens (including phenoxy) is 1. The third kappa shape index (κ3) is 3.48. The summed E-state index contributed by atoms with van der Waals surface area (Å²) >= 11 is 0. The molecule has 1 atom stereocenters. The molecule has 4 heteroatoms. The largest absolute Gasteiger partial charge is 0.496 e. The number of carbonyl (C=O) groups excluding carboxylic acids is 1.